The second kappa shape index (κ2) is 6.64. The average Bonchev–Trinajstić information content (AvgIpc) is 3.04. The van der Waals surface area contributed by atoms with Gasteiger partial charge in [-0.05, 0) is 42.0 Å². The maximum Gasteiger partial charge on any atom is 0.573 e. The molecule has 0 saturated carbocycles. The topological polar surface area (TPSA) is 51.5 Å². The molecule has 0 aliphatic carbocycles. The van der Waals surface area contributed by atoms with Crippen LogP contribution < -0.4 is 10.1 Å². The Balaban J connectivity index is 1.54. The summed E-state index contributed by atoms with van der Waals surface area (Å²) >= 11 is 0. The summed E-state index contributed by atoms with van der Waals surface area (Å²) in [6.07, 6.45) is -2.85. The highest BCUT2D eigenvalue weighted by atomic mass is 19.4. The van der Waals surface area contributed by atoms with Crippen molar-refractivity contribution in [1.82, 2.24) is 14.6 Å². The summed E-state index contributed by atoms with van der Waals surface area (Å²) in [6.45, 7) is 0. The van der Waals surface area contributed by atoms with Gasteiger partial charge in [0, 0.05) is 17.4 Å². The molecule has 1 N–H and O–H groups in total. The number of nitrogens with one attached hydrogen (secondary N) is 1. The third-order valence-electron chi connectivity index (χ3n) is 3.78. The van der Waals surface area contributed by atoms with E-state index in [9.17, 15) is 13.2 Å². The summed E-state index contributed by atoms with van der Waals surface area (Å²) in [5.41, 5.74) is 3.25. The van der Waals surface area contributed by atoms with E-state index in [0.29, 0.717) is 17.3 Å². The fourth-order valence-electron chi connectivity index (χ4n) is 2.61. The number of pyridine rings is 1. The largest absolute Gasteiger partial charge is 0.573 e. The van der Waals surface area contributed by atoms with Crippen molar-refractivity contribution >= 4 is 17.3 Å². The second-order valence-electron chi connectivity index (χ2n) is 5.72. The van der Waals surface area contributed by atoms with Crippen LogP contribution >= 0.6 is 0 Å². The predicted molar refractivity (Wildman–Crippen MR) is 94.8 cm³/mol. The van der Waals surface area contributed by atoms with Crippen molar-refractivity contribution in [2.75, 3.05) is 5.32 Å². The van der Waals surface area contributed by atoms with Crippen molar-refractivity contribution in [3.8, 4) is 16.9 Å². The van der Waals surface area contributed by atoms with E-state index in [-0.39, 0.29) is 5.75 Å². The van der Waals surface area contributed by atoms with E-state index < -0.39 is 6.36 Å². The van der Waals surface area contributed by atoms with Crippen molar-refractivity contribution in [1.29, 1.82) is 0 Å². The number of halogens is 3. The molecular weight excluding hydrogens is 357 g/mol. The minimum Gasteiger partial charge on any atom is -0.406 e. The summed E-state index contributed by atoms with van der Waals surface area (Å²) in [4.78, 5) is 4.35. The SMILES string of the molecule is FC(F)(F)Oc1ccc(Nc2nc3ccc(-c4ccccc4)cn3n2)cc1. The lowest BCUT2D eigenvalue weighted by molar-refractivity contribution is -0.274. The summed E-state index contributed by atoms with van der Waals surface area (Å²) < 4.78 is 42.1. The van der Waals surface area contributed by atoms with Gasteiger partial charge in [-0.2, -0.15) is 4.98 Å². The molecule has 0 radical (unpaired) electrons. The van der Waals surface area contributed by atoms with Gasteiger partial charge >= 0.3 is 6.36 Å². The molecule has 136 valence electrons. The van der Waals surface area contributed by atoms with Crippen LogP contribution in [0.25, 0.3) is 16.8 Å². The van der Waals surface area contributed by atoms with E-state index in [1.807, 2.05) is 48.7 Å². The number of alkyl halides is 3. The molecule has 2 aromatic carbocycles. The van der Waals surface area contributed by atoms with Crippen LogP contribution in [0.5, 0.6) is 5.75 Å². The molecule has 0 amide bonds. The smallest absolute Gasteiger partial charge is 0.406 e. The molecule has 0 bridgehead atoms. The van der Waals surface area contributed by atoms with Gasteiger partial charge in [-0.25, -0.2) is 4.52 Å². The van der Waals surface area contributed by atoms with E-state index >= 15 is 0 Å². The molecule has 4 aromatic rings. The van der Waals surface area contributed by atoms with Crippen LogP contribution in [0, 0.1) is 0 Å². The van der Waals surface area contributed by atoms with E-state index in [0.717, 1.165) is 11.1 Å². The normalized spacial score (nSPS) is 11.5. The number of hydrogen-bond acceptors (Lipinski definition) is 4. The first-order chi connectivity index (χ1) is 13.0. The fraction of sp³-hybridized carbons (Fsp3) is 0.0526. The van der Waals surface area contributed by atoms with Gasteiger partial charge in [0.15, 0.2) is 5.65 Å². The molecular formula is C19H13F3N4O. The fourth-order valence-corrected chi connectivity index (χ4v) is 2.61. The summed E-state index contributed by atoms with van der Waals surface area (Å²) in [6, 6.07) is 19.0. The Bertz CT molecular complexity index is 1060. The predicted octanol–water partition coefficient (Wildman–Crippen LogP) is 5.04. The summed E-state index contributed by atoms with van der Waals surface area (Å²) in [5.74, 6) is 0.0493. The maximum absolute atomic E-state index is 12.2. The standard InChI is InChI=1S/C19H13F3N4O/c20-19(21,22)27-16-9-7-15(8-10-16)23-18-24-17-11-6-14(12-26(17)25-18)13-4-2-1-3-5-13/h1-12H,(H,23,25). The van der Waals surface area contributed by atoms with Gasteiger partial charge in [-0.3, -0.25) is 0 Å². The van der Waals surface area contributed by atoms with Gasteiger partial charge in [-0.1, -0.05) is 30.3 Å². The molecule has 27 heavy (non-hydrogen) atoms. The van der Waals surface area contributed by atoms with Crippen LogP contribution in [0.15, 0.2) is 72.9 Å². The van der Waals surface area contributed by atoms with Crippen LogP contribution in [0.3, 0.4) is 0 Å². The number of rotatable bonds is 4. The van der Waals surface area contributed by atoms with Crippen molar-refractivity contribution in [2.24, 2.45) is 0 Å². The van der Waals surface area contributed by atoms with Crippen LogP contribution in [0.2, 0.25) is 0 Å². The third kappa shape index (κ3) is 4.00. The third-order valence-corrected chi connectivity index (χ3v) is 3.78. The van der Waals surface area contributed by atoms with E-state index in [1.165, 1.54) is 24.3 Å². The highest BCUT2D eigenvalue weighted by molar-refractivity contribution is 5.65. The number of fused-ring (bicyclic) bond motifs is 1. The number of aromatic nitrogens is 3. The maximum atomic E-state index is 12.2. The monoisotopic (exact) mass is 370 g/mol. The molecule has 8 heteroatoms. The second-order valence-corrected chi connectivity index (χ2v) is 5.72. The Hall–Kier alpha value is -3.55. The molecule has 0 unspecified atom stereocenters. The molecule has 2 heterocycles. The van der Waals surface area contributed by atoms with E-state index in [4.69, 9.17) is 0 Å². The zero-order valence-corrected chi connectivity index (χ0v) is 13.8. The molecule has 5 nitrogen and oxygen atoms in total. The van der Waals surface area contributed by atoms with Crippen molar-refractivity contribution in [3.05, 3.63) is 72.9 Å². The number of ether oxygens (including phenoxy) is 1. The minimum atomic E-state index is -4.71. The van der Waals surface area contributed by atoms with Crippen LogP contribution in [0.4, 0.5) is 24.8 Å². The molecule has 0 atom stereocenters. The summed E-state index contributed by atoms with van der Waals surface area (Å²) in [5, 5.41) is 7.32. The quantitative estimate of drug-likeness (QED) is 0.547. The van der Waals surface area contributed by atoms with Crippen LogP contribution in [-0.4, -0.2) is 21.0 Å². The lowest BCUT2D eigenvalue weighted by Gasteiger charge is -2.09. The molecule has 0 aliphatic heterocycles. The van der Waals surface area contributed by atoms with Gasteiger partial charge in [0.1, 0.15) is 5.75 Å². The van der Waals surface area contributed by atoms with Crippen molar-refractivity contribution in [2.45, 2.75) is 6.36 Å². The average molecular weight is 370 g/mol. The van der Waals surface area contributed by atoms with Gasteiger partial charge in [0.25, 0.3) is 0 Å². The zero-order valence-electron chi connectivity index (χ0n) is 13.8. The molecule has 0 spiro atoms. The van der Waals surface area contributed by atoms with Crippen LogP contribution in [0.1, 0.15) is 0 Å². The molecule has 4 rings (SSSR count). The first-order valence-electron chi connectivity index (χ1n) is 8.01. The van der Waals surface area contributed by atoms with Crippen LogP contribution in [-0.2, 0) is 0 Å². The minimum absolute atomic E-state index is 0.288. The number of anilines is 2. The first-order valence-corrected chi connectivity index (χ1v) is 8.01. The lowest BCUT2D eigenvalue weighted by Crippen LogP contribution is -2.16. The number of nitrogens with zero attached hydrogens (tertiary/aromatic N) is 3. The molecule has 0 fully saturated rings. The van der Waals surface area contributed by atoms with E-state index in [2.05, 4.69) is 20.1 Å². The Morgan fingerprint density at radius 2 is 1.59 bits per heavy atom. The van der Waals surface area contributed by atoms with E-state index in [1.54, 1.807) is 4.52 Å². The summed E-state index contributed by atoms with van der Waals surface area (Å²) in [7, 11) is 0. The van der Waals surface area contributed by atoms with Gasteiger partial charge < -0.3 is 10.1 Å². The number of hydrogen-bond donors (Lipinski definition) is 1. The first kappa shape index (κ1) is 16.9. The number of benzene rings is 2. The molecule has 0 saturated heterocycles. The lowest BCUT2D eigenvalue weighted by atomic mass is 10.1. The van der Waals surface area contributed by atoms with Gasteiger partial charge in [0.05, 0.1) is 0 Å². The van der Waals surface area contributed by atoms with Crippen molar-refractivity contribution in [3.63, 3.8) is 0 Å². The molecule has 0 aliphatic rings. The Morgan fingerprint density at radius 3 is 2.30 bits per heavy atom. The highest BCUT2D eigenvalue weighted by Crippen LogP contribution is 2.25. The Kier molecular flexibility index (Phi) is 4.15. The zero-order chi connectivity index (χ0) is 18.9. The Labute approximate surface area is 152 Å². The highest BCUT2D eigenvalue weighted by Gasteiger charge is 2.30. The van der Waals surface area contributed by atoms with Gasteiger partial charge in [0.2, 0.25) is 5.95 Å². The Morgan fingerprint density at radius 1 is 0.852 bits per heavy atom. The molecule has 2 aromatic heterocycles. The van der Waals surface area contributed by atoms with Crippen molar-refractivity contribution < 1.29 is 17.9 Å². The van der Waals surface area contributed by atoms with Gasteiger partial charge in [-0.15, -0.1) is 18.3 Å².